The maximum Gasteiger partial charge on any atom is 0.183 e. The summed E-state index contributed by atoms with van der Waals surface area (Å²) >= 11 is 0. The largest absolute Gasteiger partial charge is 0.390 e. The molecule has 0 aliphatic rings. The van der Waals surface area contributed by atoms with Gasteiger partial charge in [-0.2, -0.15) is 5.10 Å². The topological polar surface area (TPSA) is 95.2 Å². The number of benzene rings is 2. The molecule has 2 heterocycles. The fraction of sp³-hybridized carbons (Fsp3) is 0.182. The number of halogens is 1. The Morgan fingerprint density at radius 2 is 1.83 bits per heavy atom. The van der Waals surface area contributed by atoms with Gasteiger partial charge in [0.05, 0.1) is 29.7 Å². The van der Waals surface area contributed by atoms with Crippen molar-refractivity contribution in [2.45, 2.75) is 25.9 Å². The third-order valence-corrected chi connectivity index (χ3v) is 4.83. The summed E-state index contributed by atoms with van der Waals surface area (Å²) in [5.74, 6) is 0.0545. The number of anilines is 1. The zero-order valence-electron chi connectivity index (χ0n) is 16.3. The van der Waals surface area contributed by atoms with E-state index in [-0.39, 0.29) is 18.5 Å². The molecule has 4 aromatic rings. The van der Waals surface area contributed by atoms with Gasteiger partial charge in [0.25, 0.3) is 0 Å². The molecule has 0 fully saturated rings. The summed E-state index contributed by atoms with van der Waals surface area (Å²) in [6.07, 6.45) is 0.584. The van der Waals surface area contributed by atoms with Crippen molar-refractivity contribution in [3.63, 3.8) is 0 Å². The Balaban J connectivity index is 1.57. The highest BCUT2D eigenvalue weighted by Gasteiger charge is 2.15. The normalized spacial score (nSPS) is 13.3. The maximum absolute atomic E-state index is 13.2. The van der Waals surface area contributed by atoms with Gasteiger partial charge in [0.15, 0.2) is 6.35 Å². The van der Waals surface area contributed by atoms with Crippen LogP contribution in [0.2, 0.25) is 0 Å². The van der Waals surface area contributed by atoms with Gasteiger partial charge in [0, 0.05) is 11.4 Å². The fourth-order valence-corrected chi connectivity index (χ4v) is 3.35. The van der Waals surface area contributed by atoms with Gasteiger partial charge in [-0.05, 0) is 42.8 Å². The van der Waals surface area contributed by atoms with Crippen LogP contribution in [0.25, 0.3) is 16.6 Å². The van der Waals surface area contributed by atoms with Crippen molar-refractivity contribution in [1.82, 2.24) is 20.1 Å². The van der Waals surface area contributed by atoms with E-state index < -0.39 is 6.35 Å². The van der Waals surface area contributed by atoms with Crippen molar-refractivity contribution in [1.29, 1.82) is 0 Å². The molecule has 0 amide bonds. The number of nitrogens with zero attached hydrogens (tertiary/aromatic N) is 3. The summed E-state index contributed by atoms with van der Waals surface area (Å²) in [5, 5.41) is 31.3. The van der Waals surface area contributed by atoms with Gasteiger partial charge in [0.2, 0.25) is 0 Å². The van der Waals surface area contributed by atoms with Gasteiger partial charge in [-0.25, -0.2) is 14.1 Å². The van der Waals surface area contributed by atoms with Crippen LogP contribution in [0.1, 0.15) is 24.2 Å². The number of rotatable bonds is 7. The third kappa shape index (κ3) is 4.16. The monoisotopic (exact) mass is 407 g/mol. The Labute approximate surface area is 172 Å². The van der Waals surface area contributed by atoms with Crippen LogP contribution >= 0.6 is 0 Å². The van der Waals surface area contributed by atoms with E-state index in [1.807, 2.05) is 37.3 Å². The molecule has 4 N–H and O–H groups in total. The first kappa shape index (κ1) is 20.0. The van der Waals surface area contributed by atoms with E-state index in [2.05, 4.69) is 20.7 Å². The molecule has 0 spiro atoms. The van der Waals surface area contributed by atoms with Gasteiger partial charge < -0.3 is 15.5 Å². The molecule has 2 aromatic heterocycles. The van der Waals surface area contributed by atoms with E-state index >= 15 is 0 Å². The second-order valence-electron chi connectivity index (χ2n) is 6.93. The van der Waals surface area contributed by atoms with Crippen LogP contribution in [0.15, 0.2) is 66.9 Å². The fourth-order valence-electron chi connectivity index (χ4n) is 3.35. The summed E-state index contributed by atoms with van der Waals surface area (Å²) in [4.78, 5) is 4.42. The SMILES string of the molecule is C[C@@H](NC(O)Nc1cc2cnn(-c3ccc(F)cc3)c2c(CO)n1)c1ccccc1. The van der Waals surface area contributed by atoms with Crippen LogP contribution in [0.3, 0.4) is 0 Å². The first-order valence-electron chi connectivity index (χ1n) is 9.55. The van der Waals surface area contributed by atoms with Gasteiger partial charge >= 0.3 is 0 Å². The van der Waals surface area contributed by atoms with Crippen LogP contribution < -0.4 is 10.6 Å². The van der Waals surface area contributed by atoms with E-state index in [1.165, 1.54) is 12.1 Å². The first-order chi connectivity index (χ1) is 14.5. The number of fused-ring (bicyclic) bond motifs is 1. The van der Waals surface area contributed by atoms with Gasteiger partial charge in [-0.3, -0.25) is 5.32 Å². The third-order valence-electron chi connectivity index (χ3n) is 4.83. The second-order valence-corrected chi connectivity index (χ2v) is 6.93. The molecule has 0 bridgehead atoms. The predicted molar refractivity (Wildman–Crippen MR) is 112 cm³/mol. The number of hydrogen-bond acceptors (Lipinski definition) is 6. The molecule has 8 heteroatoms. The predicted octanol–water partition coefficient (Wildman–Crippen LogP) is 3.09. The standard InChI is InChI=1S/C22H22FN5O2/c1-14(15-5-3-2-4-6-15)25-22(30)27-20-11-16-12-24-28(21(16)19(13-29)26-20)18-9-7-17(23)8-10-18/h2-12,14,22,25,29-30H,13H2,1H3,(H,26,27)/t14-,22?/m1/s1. The molecule has 2 aromatic carbocycles. The number of aromatic nitrogens is 3. The molecule has 4 rings (SSSR count). The summed E-state index contributed by atoms with van der Waals surface area (Å²) in [6, 6.07) is 17.3. The Morgan fingerprint density at radius 1 is 1.10 bits per heavy atom. The van der Waals surface area contributed by atoms with E-state index in [4.69, 9.17) is 0 Å². The molecular formula is C22H22FN5O2. The minimum atomic E-state index is -1.05. The molecule has 0 aliphatic heterocycles. The lowest BCUT2D eigenvalue weighted by Gasteiger charge is -2.21. The molecular weight excluding hydrogens is 385 g/mol. The van der Waals surface area contributed by atoms with Crippen LogP contribution in [-0.2, 0) is 6.61 Å². The van der Waals surface area contributed by atoms with Crippen LogP contribution in [-0.4, -0.2) is 31.3 Å². The van der Waals surface area contributed by atoms with Gasteiger partial charge in [-0.15, -0.1) is 0 Å². The van der Waals surface area contributed by atoms with E-state index in [9.17, 15) is 14.6 Å². The minimum Gasteiger partial charge on any atom is -0.390 e. The summed E-state index contributed by atoms with van der Waals surface area (Å²) in [7, 11) is 0. The lowest BCUT2D eigenvalue weighted by molar-refractivity contribution is 0.151. The Morgan fingerprint density at radius 3 is 2.53 bits per heavy atom. The first-order valence-corrected chi connectivity index (χ1v) is 9.55. The number of nitrogens with one attached hydrogen (secondary N) is 2. The summed E-state index contributed by atoms with van der Waals surface area (Å²) in [5.41, 5.74) is 2.70. The van der Waals surface area contributed by atoms with Crippen molar-refractivity contribution < 1.29 is 14.6 Å². The lowest BCUT2D eigenvalue weighted by atomic mass is 10.1. The van der Waals surface area contributed by atoms with Crippen molar-refractivity contribution in [2.75, 3.05) is 5.32 Å². The number of aliphatic hydroxyl groups is 2. The van der Waals surface area contributed by atoms with Crippen LogP contribution in [0.5, 0.6) is 0 Å². The van der Waals surface area contributed by atoms with E-state index in [1.54, 1.807) is 29.1 Å². The Kier molecular flexibility index (Phi) is 5.71. The second kappa shape index (κ2) is 8.58. The zero-order chi connectivity index (χ0) is 21.1. The average Bonchev–Trinajstić information content (AvgIpc) is 3.18. The molecule has 0 aliphatic carbocycles. The highest BCUT2D eigenvalue weighted by Crippen LogP contribution is 2.24. The molecule has 30 heavy (non-hydrogen) atoms. The van der Waals surface area contributed by atoms with E-state index in [0.29, 0.717) is 22.7 Å². The Hall–Kier alpha value is -3.33. The maximum atomic E-state index is 13.2. The van der Waals surface area contributed by atoms with E-state index in [0.717, 1.165) is 10.9 Å². The van der Waals surface area contributed by atoms with Crippen LogP contribution in [0.4, 0.5) is 10.2 Å². The summed E-state index contributed by atoms with van der Waals surface area (Å²) < 4.78 is 14.8. The van der Waals surface area contributed by atoms with Crippen molar-refractivity contribution in [2.24, 2.45) is 0 Å². The minimum absolute atomic E-state index is 0.0871. The number of aliphatic hydroxyl groups excluding tert-OH is 2. The van der Waals surface area contributed by atoms with Crippen molar-refractivity contribution in [3.05, 3.63) is 83.9 Å². The van der Waals surface area contributed by atoms with Gasteiger partial charge in [0.1, 0.15) is 11.6 Å². The molecule has 154 valence electrons. The highest BCUT2D eigenvalue weighted by atomic mass is 19.1. The quantitative estimate of drug-likeness (QED) is 0.352. The molecule has 7 nitrogen and oxygen atoms in total. The zero-order valence-corrected chi connectivity index (χ0v) is 16.3. The van der Waals surface area contributed by atoms with Crippen molar-refractivity contribution >= 4 is 16.7 Å². The molecule has 0 saturated carbocycles. The average molecular weight is 407 g/mol. The number of pyridine rings is 1. The summed E-state index contributed by atoms with van der Waals surface area (Å²) in [6.45, 7) is 1.63. The molecule has 0 radical (unpaired) electrons. The van der Waals surface area contributed by atoms with Crippen molar-refractivity contribution in [3.8, 4) is 5.69 Å². The smallest absolute Gasteiger partial charge is 0.183 e. The lowest BCUT2D eigenvalue weighted by Crippen LogP contribution is -2.38. The molecule has 1 unspecified atom stereocenters. The molecule has 0 saturated heterocycles. The molecule has 2 atom stereocenters. The van der Waals surface area contributed by atoms with Crippen LogP contribution in [0, 0.1) is 5.82 Å². The highest BCUT2D eigenvalue weighted by molar-refractivity contribution is 5.84. The Bertz CT molecular complexity index is 1130. The number of hydrogen-bond donors (Lipinski definition) is 4. The van der Waals surface area contributed by atoms with Gasteiger partial charge in [-0.1, -0.05) is 30.3 Å².